The maximum Gasteiger partial charge on any atom is 0.305 e. The van der Waals surface area contributed by atoms with E-state index in [9.17, 15) is 9.59 Å². The van der Waals surface area contributed by atoms with Gasteiger partial charge >= 0.3 is 4.87 Å². The summed E-state index contributed by atoms with van der Waals surface area (Å²) in [5.41, 5.74) is 2.83. The van der Waals surface area contributed by atoms with Crippen molar-refractivity contribution in [3.05, 3.63) is 55.6 Å². The Bertz CT molecular complexity index is 628. The Balaban J connectivity index is 2.07. The predicted molar refractivity (Wildman–Crippen MR) is 72.0 cm³/mol. The Labute approximate surface area is 109 Å². The molecule has 2 rings (SSSR count). The summed E-state index contributed by atoms with van der Waals surface area (Å²) in [6, 6.07) is 7.88. The van der Waals surface area contributed by atoms with Gasteiger partial charge in [-0.25, -0.2) is 0 Å². The van der Waals surface area contributed by atoms with Crippen molar-refractivity contribution in [3.8, 4) is 0 Å². The van der Waals surface area contributed by atoms with Crippen LogP contribution in [0.2, 0.25) is 0 Å². The molecule has 2 N–H and O–H groups in total. The van der Waals surface area contributed by atoms with Gasteiger partial charge in [0.25, 0.3) is 5.91 Å². The van der Waals surface area contributed by atoms with Gasteiger partial charge in [0.1, 0.15) is 4.88 Å². The zero-order chi connectivity index (χ0) is 13.1. The molecule has 0 radical (unpaired) electrons. The summed E-state index contributed by atoms with van der Waals surface area (Å²) >= 11 is 0.939. The number of hydrogen-bond donors (Lipinski definition) is 2. The van der Waals surface area contributed by atoms with Gasteiger partial charge < -0.3 is 10.3 Å². The molecular formula is C13H14N2O2S. The minimum atomic E-state index is -0.209. The second kappa shape index (κ2) is 5.18. The first kappa shape index (κ1) is 12.6. The molecule has 0 aliphatic rings. The number of aromatic amines is 1. The van der Waals surface area contributed by atoms with Gasteiger partial charge in [0.2, 0.25) is 0 Å². The summed E-state index contributed by atoms with van der Waals surface area (Å²) in [5, 5.41) is 2.82. The lowest BCUT2D eigenvalue weighted by Crippen LogP contribution is -2.23. The van der Waals surface area contributed by atoms with Crippen molar-refractivity contribution in [2.45, 2.75) is 20.4 Å². The third-order valence-electron chi connectivity index (χ3n) is 2.73. The van der Waals surface area contributed by atoms with Crippen molar-refractivity contribution in [2.75, 3.05) is 0 Å². The van der Waals surface area contributed by atoms with Crippen LogP contribution < -0.4 is 10.2 Å². The van der Waals surface area contributed by atoms with E-state index in [1.165, 1.54) is 0 Å². The van der Waals surface area contributed by atoms with Crippen LogP contribution in [0.25, 0.3) is 0 Å². The molecule has 0 saturated heterocycles. The Morgan fingerprint density at radius 3 is 2.67 bits per heavy atom. The molecule has 2 aromatic rings. The highest BCUT2D eigenvalue weighted by molar-refractivity contribution is 7.11. The molecule has 0 aliphatic heterocycles. The SMILES string of the molecule is Cc1ccccc1CNC(=O)c1sc(=O)[nH]c1C. The zero-order valence-electron chi connectivity index (χ0n) is 10.2. The van der Waals surface area contributed by atoms with E-state index < -0.39 is 0 Å². The van der Waals surface area contributed by atoms with Crippen molar-refractivity contribution >= 4 is 17.2 Å². The number of hydrogen-bond acceptors (Lipinski definition) is 3. The molecule has 4 nitrogen and oxygen atoms in total. The molecule has 0 spiro atoms. The number of carbonyl (C=O) groups is 1. The van der Waals surface area contributed by atoms with Gasteiger partial charge in [-0.15, -0.1) is 0 Å². The van der Waals surface area contributed by atoms with Gasteiger partial charge in [0.15, 0.2) is 0 Å². The standard InChI is InChI=1S/C13H14N2O2S/c1-8-5-3-4-6-10(8)7-14-12(16)11-9(2)15-13(17)18-11/h3-6H,7H2,1-2H3,(H,14,16)(H,15,17). The monoisotopic (exact) mass is 262 g/mol. The van der Waals surface area contributed by atoms with Gasteiger partial charge in [0.05, 0.1) is 0 Å². The molecule has 5 heteroatoms. The van der Waals surface area contributed by atoms with Crippen LogP contribution in [-0.4, -0.2) is 10.9 Å². The van der Waals surface area contributed by atoms with E-state index in [0.717, 1.165) is 22.5 Å². The van der Waals surface area contributed by atoms with E-state index in [0.29, 0.717) is 17.1 Å². The minimum absolute atomic E-state index is 0.200. The highest BCUT2D eigenvalue weighted by Gasteiger charge is 2.12. The summed E-state index contributed by atoms with van der Waals surface area (Å²) in [4.78, 5) is 25.9. The van der Waals surface area contributed by atoms with Crippen molar-refractivity contribution in [1.82, 2.24) is 10.3 Å². The average Bonchev–Trinajstić information content (AvgIpc) is 2.67. The molecule has 18 heavy (non-hydrogen) atoms. The number of aromatic nitrogens is 1. The minimum Gasteiger partial charge on any atom is -0.347 e. The maximum absolute atomic E-state index is 11.9. The third-order valence-corrected chi connectivity index (χ3v) is 3.71. The summed E-state index contributed by atoms with van der Waals surface area (Å²) < 4.78 is 0. The molecule has 1 amide bonds. The van der Waals surface area contributed by atoms with Gasteiger partial charge in [0, 0.05) is 12.2 Å². The van der Waals surface area contributed by atoms with E-state index in [-0.39, 0.29) is 10.8 Å². The summed E-state index contributed by atoms with van der Waals surface area (Å²) in [6.07, 6.45) is 0. The Kier molecular flexibility index (Phi) is 3.62. The maximum atomic E-state index is 11.9. The fraction of sp³-hybridized carbons (Fsp3) is 0.231. The van der Waals surface area contributed by atoms with E-state index in [1.54, 1.807) is 6.92 Å². The van der Waals surface area contributed by atoms with E-state index in [2.05, 4.69) is 10.3 Å². The molecular weight excluding hydrogens is 248 g/mol. The molecule has 1 aromatic carbocycles. The van der Waals surface area contributed by atoms with Crippen LogP contribution in [0.1, 0.15) is 26.5 Å². The second-order valence-electron chi connectivity index (χ2n) is 4.08. The first-order valence-corrected chi connectivity index (χ1v) is 6.42. The fourth-order valence-electron chi connectivity index (χ4n) is 1.69. The molecule has 0 fully saturated rings. The van der Waals surface area contributed by atoms with Gasteiger partial charge in [-0.05, 0) is 25.0 Å². The fourth-order valence-corrected chi connectivity index (χ4v) is 2.44. The largest absolute Gasteiger partial charge is 0.347 e. The molecule has 94 valence electrons. The Morgan fingerprint density at radius 2 is 2.06 bits per heavy atom. The van der Waals surface area contributed by atoms with Crippen LogP contribution in [-0.2, 0) is 6.54 Å². The van der Waals surface area contributed by atoms with Crippen LogP contribution in [0.5, 0.6) is 0 Å². The van der Waals surface area contributed by atoms with Crippen LogP contribution in [0.4, 0.5) is 0 Å². The van der Waals surface area contributed by atoms with Crippen LogP contribution in [0.15, 0.2) is 29.1 Å². The summed E-state index contributed by atoms with van der Waals surface area (Å²) in [5.74, 6) is -0.209. The van der Waals surface area contributed by atoms with Crippen molar-refractivity contribution in [2.24, 2.45) is 0 Å². The van der Waals surface area contributed by atoms with E-state index in [4.69, 9.17) is 0 Å². The van der Waals surface area contributed by atoms with Crippen molar-refractivity contribution in [3.63, 3.8) is 0 Å². The number of aryl methyl sites for hydroxylation is 2. The number of benzene rings is 1. The lowest BCUT2D eigenvalue weighted by Gasteiger charge is -2.06. The first-order chi connectivity index (χ1) is 8.58. The van der Waals surface area contributed by atoms with Crippen molar-refractivity contribution in [1.29, 1.82) is 0 Å². The molecule has 0 atom stereocenters. The molecule has 0 aliphatic carbocycles. The lowest BCUT2D eigenvalue weighted by atomic mass is 10.1. The van der Waals surface area contributed by atoms with Crippen LogP contribution >= 0.6 is 11.3 Å². The number of H-pyrrole nitrogens is 1. The molecule has 0 bridgehead atoms. The third kappa shape index (κ3) is 2.68. The smallest absolute Gasteiger partial charge is 0.305 e. The summed E-state index contributed by atoms with van der Waals surface area (Å²) in [7, 11) is 0. The number of carbonyl (C=O) groups excluding carboxylic acids is 1. The topological polar surface area (TPSA) is 62.0 Å². The van der Waals surface area contributed by atoms with Crippen LogP contribution in [0.3, 0.4) is 0 Å². The van der Waals surface area contributed by atoms with Gasteiger partial charge in [-0.3, -0.25) is 9.59 Å². The van der Waals surface area contributed by atoms with Gasteiger partial charge in [-0.2, -0.15) is 0 Å². The highest BCUT2D eigenvalue weighted by atomic mass is 32.1. The number of amides is 1. The Hall–Kier alpha value is -1.88. The molecule has 1 aromatic heterocycles. The highest BCUT2D eigenvalue weighted by Crippen LogP contribution is 2.10. The quantitative estimate of drug-likeness (QED) is 0.888. The average molecular weight is 262 g/mol. The second-order valence-corrected chi connectivity index (χ2v) is 5.06. The molecule has 1 heterocycles. The van der Waals surface area contributed by atoms with E-state index >= 15 is 0 Å². The van der Waals surface area contributed by atoms with Gasteiger partial charge in [-0.1, -0.05) is 35.6 Å². The normalized spacial score (nSPS) is 10.3. The number of nitrogens with one attached hydrogen (secondary N) is 2. The lowest BCUT2D eigenvalue weighted by molar-refractivity contribution is 0.0954. The van der Waals surface area contributed by atoms with E-state index in [1.807, 2.05) is 31.2 Å². The predicted octanol–water partition coefficient (Wildman–Crippen LogP) is 1.98. The Morgan fingerprint density at radius 1 is 1.33 bits per heavy atom. The number of rotatable bonds is 3. The summed E-state index contributed by atoms with van der Waals surface area (Å²) in [6.45, 7) is 4.19. The first-order valence-electron chi connectivity index (χ1n) is 5.60. The molecule has 0 saturated carbocycles. The van der Waals surface area contributed by atoms with Crippen molar-refractivity contribution < 1.29 is 4.79 Å². The number of thiazole rings is 1. The molecule has 0 unspecified atom stereocenters. The zero-order valence-corrected chi connectivity index (χ0v) is 11.1. The van der Waals surface area contributed by atoms with Crippen LogP contribution in [0, 0.1) is 13.8 Å².